The third-order valence-corrected chi connectivity index (χ3v) is 6.32. The maximum atomic E-state index is 13.4. The molecule has 1 aliphatic heterocycles. The molecule has 1 N–H and O–H groups in total. The summed E-state index contributed by atoms with van der Waals surface area (Å²) in [7, 11) is 0. The van der Waals surface area contributed by atoms with Crippen LogP contribution in [0.4, 0.5) is 10.1 Å². The monoisotopic (exact) mass is 475 g/mol. The second-order valence-electron chi connectivity index (χ2n) is 8.21. The number of benzene rings is 3. The highest BCUT2D eigenvalue weighted by Gasteiger charge is 2.42. The van der Waals surface area contributed by atoms with Crippen molar-refractivity contribution >= 4 is 34.8 Å². The third-order valence-electron chi connectivity index (χ3n) is 5.86. The molecule has 2 amide bonds. The molecular weight excluding hydrogens is 449 g/mol. The Labute approximate surface area is 204 Å². The van der Waals surface area contributed by atoms with E-state index >= 15 is 0 Å². The van der Waals surface area contributed by atoms with Crippen LogP contribution in [0.1, 0.15) is 17.5 Å². The van der Waals surface area contributed by atoms with Gasteiger partial charge in [-0.2, -0.15) is 0 Å². The molecule has 0 bridgehead atoms. The summed E-state index contributed by atoms with van der Waals surface area (Å²) in [6.45, 7) is 0.991. The lowest BCUT2D eigenvalue weighted by Crippen LogP contribution is -2.39. The molecule has 5 nitrogen and oxygen atoms in total. The van der Waals surface area contributed by atoms with Crippen LogP contribution in [0.5, 0.6) is 0 Å². The highest BCUT2D eigenvalue weighted by Crippen LogP contribution is 2.23. The number of hydrogen-bond acceptors (Lipinski definition) is 3. The number of hydrogen-bond donors (Lipinski definition) is 1. The fourth-order valence-electron chi connectivity index (χ4n) is 4.05. The molecule has 34 heavy (non-hydrogen) atoms. The van der Waals surface area contributed by atoms with Gasteiger partial charge in [-0.15, -0.1) is 0 Å². The smallest absolute Gasteiger partial charge is 0.252 e. The van der Waals surface area contributed by atoms with E-state index in [4.69, 9.17) is 12.2 Å². The van der Waals surface area contributed by atoms with E-state index in [1.165, 1.54) is 24.3 Å². The van der Waals surface area contributed by atoms with E-state index in [0.29, 0.717) is 36.7 Å². The number of nitrogens with one attached hydrogen (secondary N) is 1. The van der Waals surface area contributed by atoms with Crippen LogP contribution in [-0.4, -0.2) is 45.9 Å². The van der Waals surface area contributed by atoms with Crippen molar-refractivity contribution in [3.8, 4) is 0 Å². The van der Waals surface area contributed by atoms with Gasteiger partial charge in [-0.1, -0.05) is 60.7 Å². The van der Waals surface area contributed by atoms with Gasteiger partial charge in [0.2, 0.25) is 5.91 Å². The van der Waals surface area contributed by atoms with E-state index in [1.54, 1.807) is 4.90 Å². The number of halogens is 1. The van der Waals surface area contributed by atoms with Gasteiger partial charge in [0.05, 0.1) is 6.42 Å². The van der Waals surface area contributed by atoms with Gasteiger partial charge in [0.1, 0.15) is 11.9 Å². The van der Waals surface area contributed by atoms with Crippen molar-refractivity contribution in [1.82, 2.24) is 9.80 Å². The Balaban J connectivity index is 1.47. The van der Waals surface area contributed by atoms with E-state index in [1.807, 2.05) is 65.6 Å². The first-order valence-electron chi connectivity index (χ1n) is 11.3. The maximum absolute atomic E-state index is 13.4. The summed E-state index contributed by atoms with van der Waals surface area (Å²) in [5.41, 5.74) is 2.73. The standard InChI is InChI=1S/C27H26FN3O2S/c28-22-11-13-23(14-12-22)29-25(32)19-24-26(33)31(18-16-21-9-5-2-6-10-21)27(34)30(24)17-15-20-7-3-1-4-8-20/h1-14,24H,15-19H2,(H,29,32). The zero-order chi connectivity index (χ0) is 23.9. The average Bonchev–Trinajstić information content (AvgIpc) is 3.07. The van der Waals surface area contributed by atoms with Gasteiger partial charge < -0.3 is 10.2 Å². The first-order valence-corrected chi connectivity index (χ1v) is 11.7. The number of carbonyl (C=O) groups is 2. The third kappa shape index (κ3) is 5.85. The molecular formula is C27H26FN3O2S. The predicted molar refractivity (Wildman–Crippen MR) is 135 cm³/mol. The summed E-state index contributed by atoms with van der Waals surface area (Å²) in [6.07, 6.45) is 1.34. The lowest BCUT2D eigenvalue weighted by atomic mass is 10.1. The highest BCUT2D eigenvalue weighted by molar-refractivity contribution is 7.80. The quantitative estimate of drug-likeness (QED) is 0.465. The lowest BCUT2D eigenvalue weighted by molar-refractivity contribution is -0.130. The Morgan fingerprint density at radius 2 is 1.41 bits per heavy atom. The van der Waals surface area contributed by atoms with Crippen LogP contribution in [0.15, 0.2) is 84.9 Å². The summed E-state index contributed by atoms with van der Waals surface area (Å²) in [4.78, 5) is 29.6. The second-order valence-corrected chi connectivity index (χ2v) is 8.58. The molecule has 7 heteroatoms. The van der Waals surface area contributed by atoms with E-state index < -0.39 is 6.04 Å². The number of thiocarbonyl (C=S) groups is 1. The molecule has 1 fully saturated rings. The SMILES string of the molecule is O=C(CC1C(=O)N(CCc2ccccc2)C(=S)N1CCc1ccccc1)Nc1ccc(F)cc1. The molecule has 0 aromatic heterocycles. The fourth-order valence-corrected chi connectivity index (χ4v) is 4.45. The van der Waals surface area contributed by atoms with E-state index in [9.17, 15) is 14.0 Å². The van der Waals surface area contributed by atoms with Gasteiger partial charge in [0.25, 0.3) is 5.91 Å². The van der Waals surface area contributed by atoms with Crippen LogP contribution in [-0.2, 0) is 22.4 Å². The van der Waals surface area contributed by atoms with Crippen LogP contribution >= 0.6 is 12.2 Å². The van der Waals surface area contributed by atoms with E-state index in [2.05, 4.69) is 5.32 Å². The Morgan fingerprint density at radius 1 is 0.853 bits per heavy atom. The Hall–Kier alpha value is -3.58. The number of rotatable bonds is 9. The van der Waals surface area contributed by atoms with Gasteiger partial charge >= 0.3 is 0 Å². The molecule has 1 atom stereocenters. The van der Waals surface area contributed by atoms with Crippen molar-refractivity contribution in [3.05, 3.63) is 102 Å². The second kappa shape index (κ2) is 11.0. The minimum Gasteiger partial charge on any atom is -0.336 e. The number of carbonyl (C=O) groups excluding carboxylic acids is 2. The number of amides is 2. The summed E-state index contributed by atoms with van der Waals surface area (Å²) in [5.74, 6) is -0.860. The van der Waals surface area contributed by atoms with Crippen LogP contribution in [0.25, 0.3) is 0 Å². The van der Waals surface area contributed by atoms with Gasteiger partial charge in [-0.25, -0.2) is 4.39 Å². The number of anilines is 1. The van der Waals surface area contributed by atoms with Crippen molar-refractivity contribution < 1.29 is 14.0 Å². The molecule has 1 aliphatic rings. The van der Waals surface area contributed by atoms with Crippen molar-refractivity contribution in [1.29, 1.82) is 0 Å². The van der Waals surface area contributed by atoms with Crippen LogP contribution in [0, 0.1) is 5.82 Å². The molecule has 1 heterocycles. The molecule has 3 aromatic rings. The molecule has 174 valence electrons. The minimum absolute atomic E-state index is 0.0347. The van der Waals surface area contributed by atoms with Crippen molar-refractivity contribution in [2.45, 2.75) is 25.3 Å². The summed E-state index contributed by atoms with van der Waals surface area (Å²) in [6, 6.07) is 24.8. The van der Waals surface area contributed by atoms with Gasteiger partial charge in [-0.05, 0) is 60.5 Å². The zero-order valence-corrected chi connectivity index (χ0v) is 19.5. The van der Waals surface area contributed by atoms with Crippen molar-refractivity contribution in [2.75, 3.05) is 18.4 Å². The van der Waals surface area contributed by atoms with Crippen LogP contribution < -0.4 is 5.32 Å². The predicted octanol–water partition coefficient (Wildman–Crippen LogP) is 4.44. The highest BCUT2D eigenvalue weighted by atomic mass is 32.1. The molecule has 0 aliphatic carbocycles. The largest absolute Gasteiger partial charge is 0.336 e. The number of nitrogens with zero attached hydrogens (tertiary/aromatic N) is 2. The van der Waals surface area contributed by atoms with Crippen LogP contribution in [0.2, 0.25) is 0 Å². The molecule has 1 unspecified atom stereocenters. The molecule has 3 aromatic carbocycles. The first kappa shape index (κ1) is 23.6. The topological polar surface area (TPSA) is 52.7 Å². The van der Waals surface area contributed by atoms with E-state index in [-0.39, 0.29) is 24.1 Å². The summed E-state index contributed by atoms with van der Waals surface area (Å²) in [5, 5.41) is 3.21. The Kier molecular flexibility index (Phi) is 7.65. The molecule has 4 rings (SSSR count). The maximum Gasteiger partial charge on any atom is 0.252 e. The summed E-state index contributed by atoms with van der Waals surface area (Å²) < 4.78 is 13.2. The summed E-state index contributed by atoms with van der Waals surface area (Å²) >= 11 is 5.70. The zero-order valence-electron chi connectivity index (χ0n) is 18.7. The first-order chi connectivity index (χ1) is 16.5. The molecule has 0 radical (unpaired) electrons. The fraction of sp³-hybridized carbons (Fsp3) is 0.222. The molecule has 0 spiro atoms. The average molecular weight is 476 g/mol. The Morgan fingerprint density at radius 3 is 2.00 bits per heavy atom. The van der Waals surface area contributed by atoms with Crippen LogP contribution in [0.3, 0.4) is 0 Å². The van der Waals surface area contributed by atoms with Crippen molar-refractivity contribution in [2.24, 2.45) is 0 Å². The lowest BCUT2D eigenvalue weighted by Gasteiger charge is -2.24. The minimum atomic E-state index is -0.674. The van der Waals surface area contributed by atoms with Crippen molar-refractivity contribution in [3.63, 3.8) is 0 Å². The normalized spacial score (nSPS) is 15.6. The Bertz CT molecular complexity index is 1140. The molecule has 1 saturated heterocycles. The molecule has 0 saturated carbocycles. The van der Waals surface area contributed by atoms with E-state index in [0.717, 1.165) is 11.1 Å². The van der Waals surface area contributed by atoms with Gasteiger partial charge in [0, 0.05) is 18.8 Å². The van der Waals surface area contributed by atoms with Gasteiger partial charge in [-0.3, -0.25) is 14.5 Å². The van der Waals surface area contributed by atoms with Gasteiger partial charge in [0.15, 0.2) is 5.11 Å².